The third-order valence-corrected chi connectivity index (χ3v) is 6.74. The minimum absolute atomic E-state index is 0.00835. The molecule has 2 aromatic rings. The summed E-state index contributed by atoms with van der Waals surface area (Å²) in [5.41, 5.74) is 1.11. The highest BCUT2D eigenvalue weighted by atomic mass is 32.2. The Balaban J connectivity index is 1.32. The Hall–Kier alpha value is -3.31. The first-order valence-corrected chi connectivity index (χ1v) is 11.9. The highest BCUT2D eigenvalue weighted by Crippen LogP contribution is 2.33. The Morgan fingerprint density at radius 3 is 2.62 bits per heavy atom. The second-order valence-electron chi connectivity index (χ2n) is 8.11. The van der Waals surface area contributed by atoms with Crippen molar-refractivity contribution in [1.29, 1.82) is 0 Å². The lowest BCUT2D eigenvalue weighted by atomic mass is 10.1. The largest absolute Gasteiger partial charge is 0.454 e. The molecule has 1 atom stereocenters. The van der Waals surface area contributed by atoms with Crippen molar-refractivity contribution in [2.24, 2.45) is 0 Å². The molecule has 180 valence electrons. The van der Waals surface area contributed by atoms with E-state index >= 15 is 0 Å². The van der Waals surface area contributed by atoms with Crippen molar-refractivity contribution in [1.82, 2.24) is 15.1 Å². The number of carbonyl (C=O) groups excluding carboxylic acids is 2. The molecule has 11 heteroatoms. The molecule has 4 rings (SSSR count). The van der Waals surface area contributed by atoms with Gasteiger partial charge in [-0.15, -0.1) is 11.8 Å². The average Bonchev–Trinajstić information content (AvgIpc) is 3.30. The van der Waals surface area contributed by atoms with Gasteiger partial charge in [0.15, 0.2) is 11.5 Å². The summed E-state index contributed by atoms with van der Waals surface area (Å²) in [6, 6.07) is 11.5. The molecule has 1 saturated heterocycles. The molecule has 34 heavy (non-hydrogen) atoms. The van der Waals surface area contributed by atoms with Crippen molar-refractivity contribution >= 4 is 29.3 Å². The number of non-ortho nitro benzene ring substituents is 1. The lowest BCUT2D eigenvalue weighted by Crippen LogP contribution is -2.55. The molecule has 1 unspecified atom stereocenters. The van der Waals surface area contributed by atoms with Gasteiger partial charge in [0.2, 0.25) is 18.6 Å². The highest BCUT2D eigenvalue weighted by Gasteiger charge is 2.28. The topological polar surface area (TPSA) is 114 Å². The summed E-state index contributed by atoms with van der Waals surface area (Å²) in [5.74, 6) is 1.36. The Kier molecular flexibility index (Phi) is 7.53. The van der Waals surface area contributed by atoms with E-state index in [1.807, 2.05) is 18.2 Å². The number of fused-ring (bicyclic) bond motifs is 1. The van der Waals surface area contributed by atoms with E-state index in [0.717, 1.165) is 23.6 Å². The van der Waals surface area contributed by atoms with Crippen LogP contribution in [0.25, 0.3) is 0 Å². The van der Waals surface area contributed by atoms with Gasteiger partial charge in [-0.05, 0) is 23.8 Å². The zero-order valence-corrected chi connectivity index (χ0v) is 19.6. The zero-order chi connectivity index (χ0) is 24.1. The van der Waals surface area contributed by atoms with Crippen molar-refractivity contribution in [3.05, 3.63) is 58.1 Å². The number of thioether (sulfide) groups is 1. The molecule has 0 bridgehead atoms. The molecule has 2 aliphatic heterocycles. The number of nitrogens with one attached hydrogen (secondary N) is 1. The van der Waals surface area contributed by atoms with Crippen LogP contribution in [0.5, 0.6) is 11.5 Å². The van der Waals surface area contributed by atoms with Gasteiger partial charge >= 0.3 is 0 Å². The highest BCUT2D eigenvalue weighted by molar-refractivity contribution is 7.99. The SMILES string of the molecule is CC(=O)NC(CSc1cccc([N+](=O)[O-])c1)C(=O)N1CCN(Cc2ccc3c(c2)OCO3)CC1. The van der Waals surface area contributed by atoms with Crippen molar-refractivity contribution in [3.63, 3.8) is 0 Å². The van der Waals surface area contributed by atoms with E-state index in [9.17, 15) is 19.7 Å². The molecular weight excluding hydrogens is 460 g/mol. The number of piperazine rings is 1. The van der Waals surface area contributed by atoms with E-state index in [1.54, 1.807) is 17.0 Å². The minimum atomic E-state index is -0.706. The third-order valence-electron chi connectivity index (χ3n) is 5.65. The van der Waals surface area contributed by atoms with Gasteiger partial charge in [-0.1, -0.05) is 12.1 Å². The smallest absolute Gasteiger partial charge is 0.270 e. The molecule has 1 fully saturated rings. The van der Waals surface area contributed by atoms with Crippen LogP contribution in [0, 0.1) is 10.1 Å². The predicted molar refractivity (Wildman–Crippen MR) is 126 cm³/mol. The van der Waals surface area contributed by atoms with Gasteiger partial charge in [-0.2, -0.15) is 0 Å². The van der Waals surface area contributed by atoms with Gasteiger partial charge in [0.1, 0.15) is 6.04 Å². The fourth-order valence-electron chi connectivity index (χ4n) is 3.93. The van der Waals surface area contributed by atoms with E-state index in [1.165, 1.54) is 30.8 Å². The number of benzene rings is 2. The second kappa shape index (κ2) is 10.7. The summed E-state index contributed by atoms with van der Waals surface area (Å²) in [5, 5.41) is 13.7. The normalized spacial score (nSPS) is 16.2. The van der Waals surface area contributed by atoms with Crippen LogP contribution in [0.1, 0.15) is 12.5 Å². The summed E-state index contributed by atoms with van der Waals surface area (Å²) in [4.78, 5) is 40.2. The lowest BCUT2D eigenvalue weighted by molar-refractivity contribution is -0.385. The molecule has 0 saturated carbocycles. The van der Waals surface area contributed by atoms with Crippen LogP contribution < -0.4 is 14.8 Å². The third kappa shape index (κ3) is 5.97. The van der Waals surface area contributed by atoms with Gasteiger partial charge in [-0.3, -0.25) is 24.6 Å². The number of carbonyl (C=O) groups is 2. The van der Waals surface area contributed by atoms with E-state index in [0.29, 0.717) is 31.1 Å². The van der Waals surface area contributed by atoms with Crippen LogP contribution in [0.15, 0.2) is 47.4 Å². The van der Waals surface area contributed by atoms with Crippen LogP contribution in [-0.4, -0.2) is 71.3 Å². The summed E-state index contributed by atoms with van der Waals surface area (Å²) in [6.45, 7) is 4.91. The minimum Gasteiger partial charge on any atom is -0.454 e. The number of hydrogen-bond donors (Lipinski definition) is 1. The van der Waals surface area contributed by atoms with Crippen LogP contribution in [0.3, 0.4) is 0 Å². The Labute approximate surface area is 201 Å². The molecule has 0 aliphatic carbocycles. The maximum atomic E-state index is 13.2. The van der Waals surface area contributed by atoms with Crippen LogP contribution in [0.2, 0.25) is 0 Å². The van der Waals surface area contributed by atoms with Crippen molar-refractivity contribution < 1.29 is 24.0 Å². The van der Waals surface area contributed by atoms with E-state index in [2.05, 4.69) is 10.2 Å². The van der Waals surface area contributed by atoms with E-state index in [-0.39, 0.29) is 30.0 Å². The number of hydrogen-bond acceptors (Lipinski definition) is 8. The number of nitro groups is 1. The van der Waals surface area contributed by atoms with Crippen molar-refractivity contribution in [2.75, 3.05) is 38.7 Å². The number of nitrogens with zero attached hydrogens (tertiary/aromatic N) is 3. The van der Waals surface area contributed by atoms with E-state index < -0.39 is 11.0 Å². The first-order chi connectivity index (χ1) is 16.4. The first-order valence-electron chi connectivity index (χ1n) is 10.9. The summed E-state index contributed by atoms with van der Waals surface area (Å²) < 4.78 is 10.8. The monoisotopic (exact) mass is 486 g/mol. The quantitative estimate of drug-likeness (QED) is 0.343. The second-order valence-corrected chi connectivity index (χ2v) is 9.20. The van der Waals surface area contributed by atoms with Crippen LogP contribution in [-0.2, 0) is 16.1 Å². The number of amides is 2. The van der Waals surface area contributed by atoms with Crippen molar-refractivity contribution in [3.8, 4) is 11.5 Å². The fourth-order valence-corrected chi connectivity index (χ4v) is 4.89. The zero-order valence-electron chi connectivity index (χ0n) is 18.8. The summed E-state index contributed by atoms with van der Waals surface area (Å²) in [7, 11) is 0. The fraction of sp³-hybridized carbons (Fsp3) is 0.391. The molecule has 2 heterocycles. The molecule has 10 nitrogen and oxygen atoms in total. The molecule has 2 aromatic carbocycles. The summed E-state index contributed by atoms with van der Waals surface area (Å²) in [6.07, 6.45) is 0. The Morgan fingerprint density at radius 1 is 1.12 bits per heavy atom. The van der Waals surface area contributed by atoms with Gasteiger partial charge in [0.25, 0.3) is 5.69 Å². The molecule has 0 aromatic heterocycles. The number of nitro benzene ring substituents is 1. The van der Waals surface area contributed by atoms with Gasteiger partial charge in [-0.25, -0.2) is 0 Å². The van der Waals surface area contributed by atoms with Gasteiger partial charge in [0, 0.05) is 62.4 Å². The molecule has 0 spiro atoms. The Bertz CT molecular complexity index is 1070. The maximum Gasteiger partial charge on any atom is 0.270 e. The lowest BCUT2D eigenvalue weighted by Gasteiger charge is -2.36. The number of rotatable bonds is 8. The number of ether oxygens (including phenoxy) is 2. The molecule has 2 amide bonds. The van der Waals surface area contributed by atoms with Gasteiger partial charge in [0.05, 0.1) is 4.92 Å². The van der Waals surface area contributed by atoms with Gasteiger partial charge < -0.3 is 19.7 Å². The van der Waals surface area contributed by atoms with Crippen molar-refractivity contribution in [2.45, 2.75) is 24.4 Å². The molecule has 1 N–H and O–H groups in total. The predicted octanol–water partition coefficient (Wildman–Crippen LogP) is 2.26. The molecule has 2 aliphatic rings. The Morgan fingerprint density at radius 2 is 1.88 bits per heavy atom. The maximum absolute atomic E-state index is 13.2. The average molecular weight is 487 g/mol. The molecule has 0 radical (unpaired) electrons. The standard InChI is InChI=1S/C23H26N4O6S/c1-16(28)24-20(14-34-19-4-2-3-18(12-19)27(30)31)23(29)26-9-7-25(8-10-26)13-17-5-6-21-22(11-17)33-15-32-21/h2-6,11-12,20H,7-10,13-15H2,1H3,(H,24,28). The van der Waals surface area contributed by atoms with Crippen LogP contribution >= 0.6 is 11.8 Å². The first kappa shape index (κ1) is 23.8. The van der Waals surface area contributed by atoms with E-state index in [4.69, 9.17) is 9.47 Å². The van der Waals surface area contributed by atoms with Crippen LogP contribution in [0.4, 0.5) is 5.69 Å². The summed E-state index contributed by atoms with van der Waals surface area (Å²) >= 11 is 1.31. The molecular formula is C23H26N4O6S.